The molecule has 0 amide bonds. The van der Waals surface area contributed by atoms with Crippen LogP contribution < -0.4 is 5.32 Å². The maximum atomic E-state index is 3.49. The summed E-state index contributed by atoms with van der Waals surface area (Å²) < 4.78 is 0. The summed E-state index contributed by atoms with van der Waals surface area (Å²) in [5.41, 5.74) is 0. The van der Waals surface area contributed by atoms with Gasteiger partial charge in [0.2, 0.25) is 0 Å². The van der Waals surface area contributed by atoms with E-state index in [9.17, 15) is 0 Å². The molecule has 0 spiro atoms. The third-order valence-corrected chi connectivity index (χ3v) is 3.44. The van der Waals surface area contributed by atoms with Gasteiger partial charge in [-0.15, -0.1) is 0 Å². The van der Waals surface area contributed by atoms with Crippen LogP contribution in [0.2, 0.25) is 0 Å². The molecule has 0 radical (unpaired) electrons. The average Bonchev–Trinajstić information content (AvgIpc) is 2.33. The van der Waals surface area contributed by atoms with Crippen molar-refractivity contribution >= 4 is 0 Å². The predicted octanol–water partition coefficient (Wildman–Crippen LogP) is 3.06. The van der Waals surface area contributed by atoms with Crippen molar-refractivity contribution in [1.82, 2.24) is 15.1 Å². The normalized spacial score (nSPS) is 12.3. The van der Waals surface area contributed by atoms with Crippen molar-refractivity contribution in [3.05, 3.63) is 0 Å². The molecule has 0 aliphatic rings. The predicted molar refractivity (Wildman–Crippen MR) is 91.4 cm³/mol. The SMILES string of the molecule is CC(C)CN(CCCCCCNC(C)C)CCN(C)C. The van der Waals surface area contributed by atoms with E-state index in [0.717, 1.165) is 5.92 Å². The van der Waals surface area contributed by atoms with E-state index in [0.29, 0.717) is 6.04 Å². The quantitative estimate of drug-likeness (QED) is 0.525. The molecule has 122 valence electrons. The number of rotatable bonds is 13. The minimum Gasteiger partial charge on any atom is -0.315 e. The van der Waals surface area contributed by atoms with Gasteiger partial charge in [0.1, 0.15) is 0 Å². The van der Waals surface area contributed by atoms with Crippen LogP contribution in [0.15, 0.2) is 0 Å². The Morgan fingerprint density at radius 3 is 2.00 bits per heavy atom. The molecule has 0 bridgehead atoms. The van der Waals surface area contributed by atoms with Crippen molar-refractivity contribution in [3.63, 3.8) is 0 Å². The summed E-state index contributed by atoms with van der Waals surface area (Å²) in [5.74, 6) is 0.771. The molecule has 0 saturated carbocycles. The highest BCUT2D eigenvalue weighted by Crippen LogP contribution is 2.05. The summed E-state index contributed by atoms with van der Waals surface area (Å²) >= 11 is 0. The average molecular weight is 286 g/mol. The van der Waals surface area contributed by atoms with Crippen molar-refractivity contribution in [2.75, 3.05) is 46.8 Å². The molecule has 0 unspecified atom stereocenters. The summed E-state index contributed by atoms with van der Waals surface area (Å²) in [4.78, 5) is 4.92. The van der Waals surface area contributed by atoms with Gasteiger partial charge in [0.05, 0.1) is 0 Å². The third-order valence-electron chi connectivity index (χ3n) is 3.44. The number of unbranched alkanes of at least 4 members (excludes halogenated alkanes) is 3. The first-order valence-electron chi connectivity index (χ1n) is 8.52. The molecule has 0 fully saturated rings. The van der Waals surface area contributed by atoms with E-state index in [1.165, 1.54) is 58.4 Å². The topological polar surface area (TPSA) is 18.5 Å². The lowest BCUT2D eigenvalue weighted by Gasteiger charge is -2.25. The highest BCUT2D eigenvalue weighted by Gasteiger charge is 2.07. The fourth-order valence-corrected chi connectivity index (χ4v) is 2.36. The summed E-state index contributed by atoms with van der Waals surface area (Å²) in [7, 11) is 4.32. The van der Waals surface area contributed by atoms with Gasteiger partial charge in [0.25, 0.3) is 0 Å². The van der Waals surface area contributed by atoms with Crippen LogP contribution in [0.3, 0.4) is 0 Å². The Balaban J connectivity index is 3.62. The Hall–Kier alpha value is -0.120. The lowest BCUT2D eigenvalue weighted by Crippen LogP contribution is -2.35. The Kier molecular flexibility index (Phi) is 12.5. The first-order valence-corrected chi connectivity index (χ1v) is 8.52. The van der Waals surface area contributed by atoms with Crippen molar-refractivity contribution < 1.29 is 0 Å². The van der Waals surface area contributed by atoms with Crippen LogP contribution in [0.5, 0.6) is 0 Å². The van der Waals surface area contributed by atoms with Gasteiger partial charge in [0, 0.05) is 25.7 Å². The van der Waals surface area contributed by atoms with Crippen LogP contribution in [-0.2, 0) is 0 Å². The second-order valence-corrected chi connectivity index (χ2v) is 7.02. The van der Waals surface area contributed by atoms with Crippen LogP contribution >= 0.6 is 0 Å². The van der Waals surface area contributed by atoms with Crippen LogP contribution in [0.25, 0.3) is 0 Å². The monoisotopic (exact) mass is 285 g/mol. The van der Waals surface area contributed by atoms with Gasteiger partial charge in [-0.1, -0.05) is 40.5 Å². The van der Waals surface area contributed by atoms with E-state index < -0.39 is 0 Å². The highest BCUT2D eigenvalue weighted by molar-refractivity contribution is 4.62. The largest absolute Gasteiger partial charge is 0.315 e. The number of likely N-dealkylation sites (N-methyl/N-ethyl adjacent to an activating group) is 1. The second kappa shape index (κ2) is 12.6. The molecule has 3 heteroatoms. The zero-order chi connectivity index (χ0) is 15.4. The maximum absolute atomic E-state index is 3.49. The van der Waals surface area contributed by atoms with Crippen LogP contribution in [-0.4, -0.2) is 62.7 Å². The molecule has 1 N–H and O–H groups in total. The summed E-state index contributed by atoms with van der Waals surface area (Å²) in [5, 5.41) is 3.49. The highest BCUT2D eigenvalue weighted by atomic mass is 15.2. The van der Waals surface area contributed by atoms with Crippen molar-refractivity contribution in [2.24, 2.45) is 5.92 Å². The van der Waals surface area contributed by atoms with Crippen molar-refractivity contribution in [3.8, 4) is 0 Å². The van der Waals surface area contributed by atoms with Gasteiger partial charge < -0.3 is 15.1 Å². The fraction of sp³-hybridized carbons (Fsp3) is 1.00. The summed E-state index contributed by atoms with van der Waals surface area (Å²) in [6.45, 7) is 15.1. The van der Waals surface area contributed by atoms with E-state index in [1.54, 1.807) is 0 Å². The Morgan fingerprint density at radius 1 is 0.800 bits per heavy atom. The Labute approximate surface area is 128 Å². The molecule has 0 aliphatic heterocycles. The van der Waals surface area contributed by atoms with E-state index in [2.05, 4.69) is 56.9 Å². The number of nitrogens with one attached hydrogen (secondary N) is 1. The molecule has 0 aromatic rings. The standard InChI is InChI=1S/C17H39N3/c1-16(2)15-20(14-13-19(5)6)12-10-8-7-9-11-18-17(3)4/h16-18H,7-15H2,1-6H3. The van der Waals surface area contributed by atoms with Crippen LogP contribution in [0.1, 0.15) is 53.4 Å². The molecule has 0 rings (SSSR count). The first-order chi connectivity index (χ1) is 9.41. The van der Waals surface area contributed by atoms with Gasteiger partial charge in [-0.25, -0.2) is 0 Å². The zero-order valence-corrected chi connectivity index (χ0v) is 14.9. The molecule has 0 aliphatic carbocycles. The van der Waals surface area contributed by atoms with E-state index >= 15 is 0 Å². The molecular formula is C17H39N3. The molecule has 3 nitrogen and oxygen atoms in total. The third kappa shape index (κ3) is 14.3. The molecule has 0 saturated heterocycles. The summed E-state index contributed by atoms with van der Waals surface area (Å²) in [6, 6.07) is 0.627. The maximum Gasteiger partial charge on any atom is 0.0109 e. The lowest BCUT2D eigenvalue weighted by atomic mass is 10.1. The lowest BCUT2D eigenvalue weighted by molar-refractivity contribution is 0.215. The Morgan fingerprint density at radius 2 is 1.45 bits per heavy atom. The van der Waals surface area contributed by atoms with E-state index in [4.69, 9.17) is 0 Å². The number of hydrogen-bond acceptors (Lipinski definition) is 3. The minimum atomic E-state index is 0.627. The smallest absolute Gasteiger partial charge is 0.0109 e. The van der Waals surface area contributed by atoms with E-state index in [-0.39, 0.29) is 0 Å². The van der Waals surface area contributed by atoms with Crippen LogP contribution in [0.4, 0.5) is 0 Å². The van der Waals surface area contributed by atoms with Gasteiger partial charge in [-0.3, -0.25) is 0 Å². The molecule has 0 aromatic heterocycles. The van der Waals surface area contributed by atoms with Gasteiger partial charge in [-0.05, 0) is 45.9 Å². The Bertz CT molecular complexity index is 202. The van der Waals surface area contributed by atoms with E-state index in [1.807, 2.05) is 0 Å². The summed E-state index contributed by atoms with van der Waals surface area (Å²) in [6.07, 6.45) is 5.40. The fourth-order valence-electron chi connectivity index (χ4n) is 2.36. The number of nitrogens with zero attached hydrogens (tertiary/aromatic N) is 2. The first kappa shape index (κ1) is 19.9. The number of hydrogen-bond donors (Lipinski definition) is 1. The van der Waals surface area contributed by atoms with Gasteiger partial charge in [0.15, 0.2) is 0 Å². The molecular weight excluding hydrogens is 246 g/mol. The molecule has 20 heavy (non-hydrogen) atoms. The zero-order valence-electron chi connectivity index (χ0n) is 14.9. The van der Waals surface area contributed by atoms with Gasteiger partial charge in [-0.2, -0.15) is 0 Å². The molecule has 0 atom stereocenters. The molecule has 0 aromatic carbocycles. The second-order valence-electron chi connectivity index (χ2n) is 7.02. The van der Waals surface area contributed by atoms with Crippen molar-refractivity contribution in [1.29, 1.82) is 0 Å². The van der Waals surface area contributed by atoms with Gasteiger partial charge >= 0.3 is 0 Å². The molecule has 0 heterocycles. The van der Waals surface area contributed by atoms with Crippen molar-refractivity contribution in [2.45, 2.75) is 59.4 Å². The van der Waals surface area contributed by atoms with Crippen LogP contribution in [0, 0.1) is 5.92 Å². The minimum absolute atomic E-state index is 0.627.